The molecular formula is C12H11NO. The van der Waals surface area contributed by atoms with Crippen LogP contribution in [0.25, 0.3) is 5.57 Å². The molecule has 0 saturated heterocycles. The molecule has 1 aromatic rings. The first kappa shape index (κ1) is 8.88. The average Bonchev–Trinajstić information content (AvgIpc) is 2.71. The minimum absolute atomic E-state index is 0.0994. The fourth-order valence-corrected chi connectivity index (χ4v) is 1.46. The van der Waals surface area contributed by atoms with E-state index in [2.05, 4.69) is 11.1 Å². The minimum Gasteiger partial charge on any atom is -0.295 e. The molecule has 0 N–H and O–H groups in total. The lowest BCUT2D eigenvalue weighted by atomic mass is 10.0. The van der Waals surface area contributed by atoms with Crippen LogP contribution in [0, 0.1) is 0 Å². The van der Waals surface area contributed by atoms with Crippen LogP contribution < -0.4 is 0 Å². The molecule has 0 amide bonds. The summed E-state index contributed by atoms with van der Waals surface area (Å²) in [6, 6.07) is 7.64. The number of rotatable bonds is 2. The summed E-state index contributed by atoms with van der Waals surface area (Å²) in [6.45, 7) is 2.33. The highest BCUT2D eigenvalue weighted by Gasteiger charge is 2.05. The van der Waals surface area contributed by atoms with Crippen LogP contribution in [0.5, 0.6) is 0 Å². The first-order valence-electron chi connectivity index (χ1n) is 4.59. The smallest absolute Gasteiger partial charge is 0.159 e. The summed E-state index contributed by atoms with van der Waals surface area (Å²) < 4.78 is 0. The lowest BCUT2D eigenvalue weighted by molar-refractivity contribution is 0.101. The molecule has 1 aromatic carbocycles. The van der Waals surface area contributed by atoms with Gasteiger partial charge >= 0.3 is 0 Å². The van der Waals surface area contributed by atoms with Gasteiger partial charge in [-0.3, -0.25) is 9.79 Å². The molecule has 1 heterocycles. The zero-order valence-corrected chi connectivity index (χ0v) is 8.03. The second-order valence-corrected chi connectivity index (χ2v) is 3.29. The molecule has 1 aliphatic heterocycles. The fraction of sp³-hybridized carbons (Fsp3) is 0.167. The Hall–Kier alpha value is -1.70. The van der Waals surface area contributed by atoms with Gasteiger partial charge in [0.25, 0.3) is 0 Å². The third-order valence-corrected chi connectivity index (χ3v) is 2.25. The Kier molecular flexibility index (Phi) is 2.27. The largest absolute Gasteiger partial charge is 0.295 e. The van der Waals surface area contributed by atoms with E-state index in [-0.39, 0.29) is 5.78 Å². The lowest BCUT2D eigenvalue weighted by Gasteiger charge is -2.01. The zero-order valence-electron chi connectivity index (χ0n) is 8.03. The van der Waals surface area contributed by atoms with Crippen molar-refractivity contribution < 1.29 is 4.79 Å². The highest BCUT2D eigenvalue weighted by molar-refractivity contribution is 6.12. The number of carbonyl (C=O) groups is 1. The maximum absolute atomic E-state index is 11.2. The number of allylic oxidation sites excluding steroid dienone is 1. The van der Waals surface area contributed by atoms with Crippen LogP contribution in [0.2, 0.25) is 0 Å². The number of benzene rings is 1. The SMILES string of the molecule is CC(=O)c1cccc(C2=CCN=C2)c1. The molecule has 0 fully saturated rings. The van der Waals surface area contributed by atoms with Crippen molar-refractivity contribution in [2.75, 3.05) is 6.54 Å². The molecule has 14 heavy (non-hydrogen) atoms. The summed E-state index contributed by atoms with van der Waals surface area (Å²) in [5.74, 6) is 0.0994. The molecule has 70 valence electrons. The molecule has 0 atom stereocenters. The number of hydrogen-bond donors (Lipinski definition) is 0. The maximum atomic E-state index is 11.2. The number of hydrogen-bond acceptors (Lipinski definition) is 2. The quantitative estimate of drug-likeness (QED) is 0.650. The molecule has 0 spiro atoms. The highest BCUT2D eigenvalue weighted by Crippen LogP contribution is 2.17. The molecule has 1 aliphatic rings. The maximum Gasteiger partial charge on any atom is 0.159 e. The predicted octanol–water partition coefficient (Wildman–Crippen LogP) is 2.36. The summed E-state index contributed by atoms with van der Waals surface area (Å²) in [5, 5.41) is 0. The minimum atomic E-state index is 0.0994. The van der Waals surface area contributed by atoms with Gasteiger partial charge in [-0.25, -0.2) is 0 Å². The first-order valence-corrected chi connectivity index (χ1v) is 4.59. The van der Waals surface area contributed by atoms with Gasteiger partial charge in [0.15, 0.2) is 5.78 Å². The molecule has 0 aliphatic carbocycles. The highest BCUT2D eigenvalue weighted by atomic mass is 16.1. The number of nitrogens with zero attached hydrogens (tertiary/aromatic N) is 1. The van der Waals surface area contributed by atoms with E-state index in [9.17, 15) is 4.79 Å². The van der Waals surface area contributed by atoms with Crippen molar-refractivity contribution in [3.05, 3.63) is 41.5 Å². The molecule has 0 radical (unpaired) electrons. The fourth-order valence-electron chi connectivity index (χ4n) is 1.46. The summed E-state index contributed by atoms with van der Waals surface area (Å²) in [4.78, 5) is 15.3. The topological polar surface area (TPSA) is 29.4 Å². The van der Waals surface area contributed by atoms with Crippen LogP contribution in [-0.2, 0) is 0 Å². The van der Waals surface area contributed by atoms with Crippen LogP contribution in [-0.4, -0.2) is 18.5 Å². The van der Waals surface area contributed by atoms with E-state index < -0.39 is 0 Å². The van der Waals surface area contributed by atoms with E-state index in [4.69, 9.17) is 0 Å². The van der Waals surface area contributed by atoms with Crippen LogP contribution in [0.3, 0.4) is 0 Å². The molecule has 2 rings (SSSR count). The van der Waals surface area contributed by atoms with Crippen LogP contribution in [0.15, 0.2) is 35.3 Å². The van der Waals surface area contributed by atoms with Crippen molar-refractivity contribution in [2.45, 2.75) is 6.92 Å². The van der Waals surface area contributed by atoms with Crippen molar-refractivity contribution in [3.63, 3.8) is 0 Å². The summed E-state index contributed by atoms with van der Waals surface area (Å²) in [7, 11) is 0. The summed E-state index contributed by atoms with van der Waals surface area (Å²) in [5.41, 5.74) is 2.93. The van der Waals surface area contributed by atoms with Gasteiger partial charge in [0.2, 0.25) is 0 Å². The normalized spacial score (nSPS) is 14.2. The van der Waals surface area contributed by atoms with E-state index in [1.165, 1.54) is 0 Å². The Bertz CT molecular complexity index is 430. The Morgan fingerprint density at radius 1 is 1.43 bits per heavy atom. The van der Waals surface area contributed by atoms with Gasteiger partial charge in [-0.05, 0) is 24.1 Å². The molecular weight excluding hydrogens is 174 g/mol. The molecule has 0 saturated carbocycles. The molecule has 2 heteroatoms. The number of aliphatic imine (C=N–C) groups is 1. The van der Waals surface area contributed by atoms with E-state index in [1.807, 2.05) is 30.5 Å². The van der Waals surface area contributed by atoms with Crippen molar-refractivity contribution >= 4 is 17.6 Å². The third-order valence-electron chi connectivity index (χ3n) is 2.25. The Labute approximate surface area is 83.0 Å². The zero-order chi connectivity index (χ0) is 9.97. The van der Waals surface area contributed by atoms with E-state index in [0.717, 1.165) is 23.2 Å². The summed E-state index contributed by atoms with van der Waals surface area (Å²) >= 11 is 0. The third kappa shape index (κ3) is 1.64. The van der Waals surface area contributed by atoms with Gasteiger partial charge in [0, 0.05) is 11.8 Å². The van der Waals surface area contributed by atoms with Gasteiger partial charge in [0.1, 0.15) is 0 Å². The van der Waals surface area contributed by atoms with Crippen LogP contribution in [0.4, 0.5) is 0 Å². The van der Waals surface area contributed by atoms with Gasteiger partial charge in [0.05, 0.1) is 6.54 Å². The van der Waals surface area contributed by atoms with Crippen molar-refractivity contribution in [1.29, 1.82) is 0 Å². The number of ketones is 1. The van der Waals surface area contributed by atoms with E-state index in [1.54, 1.807) is 6.92 Å². The Balaban J connectivity index is 2.40. The first-order chi connectivity index (χ1) is 6.77. The van der Waals surface area contributed by atoms with E-state index >= 15 is 0 Å². The Morgan fingerprint density at radius 2 is 2.29 bits per heavy atom. The second kappa shape index (κ2) is 3.58. The Morgan fingerprint density at radius 3 is 2.93 bits per heavy atom. The van der Waals surface area contributed by atoms with E-state index in [0.29, 0.717) is 0 Å². The van der Waals surface area contributed by atoms with Gasteiger partial charge in [-0.1, -0.05) is 24.3 Å². The average molecular weight is 185 g/mol. The summed E-state index contributed by atoms with van der Waals surface area (Å²) in [6.07, 6.45) is 3.90. The molecule has 2 nitrogen and oxygen atoms in total. The van der Waals surface area contributed by atoms with Gasteiger partial charge < -0.3 is 0 Å². The van der Waals surface area contributed by atoms with Crippen molar-refractivity contribution in [2.24, 2.45) is 4.99 Å². The number of Topliss-reactive ketones (excluding diaryl/α,β-unsaturated/α-hetero) is 1. The molecule has 0 unspecified atom stereocenters. The lowest BCUT2D eigenvalue weighted by Crippen LogP contribution is -1.93. The van der Waals surface area contributed by atoms with Crippen LogP contribution >= 0.6 is 0 Å². The van der Waals surface area contributed by atoms with Crippen molar-refractivity contribution in [1.82, 2.24) is 0 Å². The standard InChI is InChI=1S/C12H11NO/c1-9(14)10-3-2-4-11(7-10)12-5-6-13-8-12/h2-5,7-8H,6H2,1H3. The van der Waals surface area contributed by atoms with Gasteiger partial charge in [-0.2, -0.15) is 0 Å². The van der Waals surface area contributed by atoms with Crippen molar-refractivity contribution in [3.8, 4) is 0 Å². The molecule has 0 bridgehead atoms. The van der Waals surface area contributed by atoms with Crippen LogP contribution in [0.1, 0.15) is 22.8 Å². The van der Waals surface area contributed by atoms with Gasteiger partial charge in [-0.15, -0.1) is 0 Å². The monoisotopic (exact) mass is 185 g/mol. The number of carbonyl (C=O) groups excluding carboxylic acids is 1. The second-order valence-electron chi connectivity index (χ2n) is 3.29. The molecule has 0 aromatic heterocycles. The predicted molar refractivity (Wildman–Crippen MR) is 57.8 cm³/mol.